The van der Waals surface area contributed by atoms with Gasteiger partial charge in [-0.05, 0) is 31.5 Å². The maximum Gasteiger partial charge on any atom is 0.252 e. The van der Waals surface area contributed by atoms with Crippen LogP contribution in [0.4, 0.5) is 0 Å². The maximum absolute atomic E-state index is 11.9. The van der Waals surface area contributed by atoms with Gasteiger partial charge in [0.05, 0.1) is 6.07 Å². The molecule has 0 aliphatic carbocycles. The molecule has 5 heteroatoms. The van der Waals surface area contributed by atoms with E-state index in [4.69, 9.17) is 28.5 Å². The SMILES string of the molecule is CCC(C)(C#N)NC(=O)c1cc(Cl)cc(Cl)c1. The summed E-state index contributed by atoms with van der Waals surface area (Å²) in [5, 5.41) is 12.4. The van der Waals surface area contributed by atoms with Gasteiger partial charge in [0.15, 0.2) is 0 Å². The first kappa shape index (κ1) is 13.8. The van der Waals surface area contributed by atoms with Crippen molar-refractivity contribution in [2.75, 3.05) is 0 Å². The van der Waals surface area contributed by atoms with E-state index in [0.717, 1.165) is 0 Å². The fraction of sp³-hybridized carbons (Fsp3) is 0.333. The Balaban J connectivity index is 2.95. The molecule has 0 aliphatic heterocycles. The van der Waals surface area contributed by atoms with E-state index in [1.165, 1.54) is 12.1 Å². The van der Waals surface area contributed by atoms with Gasteiger partial charge in [-0.2, -0.15) is 5.26 Å². The van der Waals surface area contributed by atoms with E-state index in [1.54, 1.807) is 13.0 Å². The predicted molar refractivity (Wildman–Crippen MR) is 68.2 cm³/mol. The van der Waals surface area contributed by atoms with Crippen molar-refractivity contribution in [2.45, 2.75) is 25.8 Å². The van der Waals surface area contributed by atoms with Gasteiger partial charge < -0.3 is 5.32 Å². The molecule has 0 saturated heterocycles. The van der Waals surface area contributed by atoms with Crippen LogP contribution in [0.25, 0.3) is 0 Å². The van der Waals surface area contributed by atoms with Gasteiger partial charge in [0.25, 0.3) is 5.91 Å². The van der Waals surface area contributed by atoms with Crippen molar-refractivity contribution < 1.29 is 4.79 Å². The third-order valence-electron chi connectivity index (χ3n) is 2.47. The Bertz CT molecular complexity index is 462. The van der Waals surface area contributed by atoms with E-state index >= 15 is 0 Å². The number of carbonyl (C=O) groups excluding carboxylic acids is 1. The van der Waals surface area contributed by atoms with Gasteiger partial charge in [-0.15, -0.1) is 0 Å². The van der Waals surface area contributed by atoms with Crippen LogP contribution in [0.2, 0.25) is 10.0 Å². The molecule has 1 N–H and O–H groups in total. The number of hydrogen-bond acceptors (Lipinski definition) is 2. The molecule has 1 aromatic carbocycles. The van der Waals surface area contributed by atoms with Crippen LogP contribution in [0, 0.1) is 11.3 Å². The monoisotopic (exact) mass is 270 g/mol. The molecule has 3 nitrogen and oxygen atoms in total. The number of nitrogens with one attached hydrogen (secondary N) is 1. The second kappa shape index (κ2) is 5.39. The summed E-state index contributed by atoms with van der Waals surface area (Å²) in [6.45, 7) is 3.49. The van der Waals surface area contributed by atoms with E-state index in [-0.39, 0.29) is 5.91 Å². The highest BCUT2D eigenvalue weighted by Crippen LogP contribution is 2.19. The van der Waals surface area contributed by atoms with Crippen LogP contribution in [-0.4, -0.2) is 11.4 Å². The Morgan fingerprint density at radius 3 is 2.35 bits per heavy atom. The molecule has 0 spiro atoms. The molecule has 0 aliphatic rings. The average molecular weight is 271 g/mol. The lowest BCUT2D eigenvalue weighted by atomic mass is 10.0. The predicted octanol–water partition coefficient (Wildman–Crippen LogP) is 3.42. The van der Waals surface area contributed by atoms with E-state index in [2.05, 4.69) is 11.4 Å². The second-order valence-electron chi connectivity index (χ2n) is 3.91. The largest absolute Gasteiger partial charge is 0.334 e. The number of rotatable bonds is 3. The van der Waals surface area contributed by atoms with Gasteiger partial charge >= 0.3 is 0 Å². The molecular formula is C12H12Cl2N2O. The van der Waals surface area contributed by atoms with Crippen molar-refractivity contribution in [3.8, 4) is 6.07 Å². The Kier molecular flexibility index (Phi) is 4.39. The summed E-state index contributed by atoms with van der Waals surface area (Å²) in [7, 11) is 0. The van der Waals surface area contributed by atoms with Crippen LogP contribution in [0.3, 0.4) is 0 Å². The molecule has 1 aromatic rings. The molecule has 0 fully saturated rings. The first-order valence-electron chi connectivity index (χ1n) is 5.10. The molecule has 1 atom stereocenters. The summed E-state index contributed by atoms with van der Waals surface area (Å²) >= 11 is 11.6. The quantitative estimate of drug-likeness (QED) is 0.915. The van der Waals surface area contributed by atoms with Crippen LogP contribution in [0.15, 0.2) is 18.2 Å². The molecule has 0 saturated carbocycles. The number of benzene rings is 1. The number of nitriles is 1. The van der Waals surface area contributed by atoms with Crippen LogP contribution < -0.4 is 5.32 Å². The Morgan fingerprint density at radius 1 is 1.41 bits per heavy atom. The normalized spacial score (nSPS) is 13.6. The molecule has 0 radical (unpaired) electrons. The van der Waals surface area contributed by atoms with E-state index in [1.807, 2.05) is 6.92 Å². The molecule has 1 rings (SSSR count). The zero-order chi connectivity index (χ0) is 13.1. The third kappa shape index (κ3) is 3.62. The van der Waals surface area contributed by atoms with Gasteiger partial charge in [0, 0.05) is 15.6 Å². The number of nitrogens with zero attached hydrogens (tertiary/aromatic N) is 1. The molecule has 1 unspecified atom stereocenters. The molecule has 1 amide bonds. The average Bonchev–Trinajstić information content (AvgIpc) is 2.27. The van der Waals surface area contributed by atoms with E-state index < -0.39 is 5.54 Å². The summed E-state index contributed by atoms with van der Waals surface area (Å²) in [5.41, 5.74) is -0.538. The first-order valence-corrected chi connectivity index (χ1v) is 5.85. The fourth-order valence-corrected chi connectivity index (χ4v) is 1.73. The van der Waals surface area contributed by atoms with Crippen LogP contribution >= 0.6 is 23.2 Å². The number of halogens is 2. The van der Waals surface area contributed by atoms with Crippen molar-refractivity contribution in [3.05, 3.63) is 33.8 Å². The molecule has 17 heavy (non-hydrogen) atoms. The van der Waals surface area contributed by atoms with E-state index in [0.29, 0.717) is 22.0 Å². The number of hydrogen-bond donors (Lipinski definition) is 1. The van der Waals surface area contributed by atoms with Gasteiger partial charge in [-0.1, -0.05) is 30.1 Å². The van der Waals surface area contributed by atoms with Gasteiger partial charge in [-0.3, -0.25) is 4.79 Å². The second-order valence-corrected chi connectivity index (χ2v) is 4.78. The number of carbonyl (C=O) groups is 1. The van der Waals surface area contributed by atoms with Crippen LogP contribution in [-0.2, 0) is 0 Å². The van der Waals surface area contributed by atoms with Crippen LogP contribution in [0.1, 0.15) is 30.6 Å². The Morgan fingerprint density at radius 2 is 1.94 bits per heavy atom. The van der Waals surface area contributed by atoms with Crippen molar-refractivity contribution in [1.82, 2.24) is 5.32 Å². The smallest absolute Gasteiger partial charge is 0.252 e. The standard InChI is InChI=1S/C12H12Cl2N2O/c1-3-12(2,7-15)16-11(17)8-4-9(13)6-10(14)5-8/h4-6H,3H2,1-2H3,(H,16,17). The maximum atomic E-state index is 11.9. The first-order chi connectivity index (χ1) is 7.90. The summed E-state index contributed by atoms with van der Waals surface area (Å²) in [6, 6.07) is 6.63. The number of amides is 1. The van der Waals surface area contributed by atoms with Crippen molar-refractivity contribution >= 4 is 29.1 Å². The summed E-state index contributed by atoms with van der Waals surface area (Å²) in [5.74, 6) is -0.361. The van der Waals surface area contributed by atoms with Gasteiger partial charge in [0.1, 0.15) is 5.54 Å². The highest BCUT2D eigenvalue weighted by molar-refractivity contribution is 6.35. The third-order valence-corrected chi connectivity index (χ3v) is 2.90. The highest BCUT2D eigenvalue weighted by atomic mass is 35.5. The topological polar surface area (TPSA) is 52.9 Å². The van der Waals surface area contributed by atoms with Crippen LogP contribution in [0.5, 0.6) is 0 Å². The minimum absolute atomic E-state index is 0.345. The molecule has 0 aromatic heterocycles. The Hall–Kier alpha value is -1.24. The molecule has 90 valence electrons. The zero-order valence-corrected chi connectivity index (χ0v) is 11.1. The molecule has 0 bridgehead atoms. The lowest BCUT2D eigenvalue weighted by molar-refractivity contribution is 0.0923. The van der Waals surface area contributed by atoms with Gasteiger partial charge in [-0.25, -0.2) is 0 Å². The van der Waals surface area contributed by atoms with Crippen molar-refractivity contribution in [1.29, 1.82) is 5.26 Å². The Labute approximate surface area is 110 Å². The lowest BCUT2D eigenvalue weighted by Gasteiger charge is -2.21. The minimum atomic E-state index is -0.883. The van der Waals surface area contributed by atoms with E-state index in [9.17, 15) is 4.79 Å². The minimum Gasteiger partial charge on any atom is -0.334 e. The lowest BCUT2D eigenvalue weighted by Crippen LogP contribution is -2.44. The zero-order valence-electron chi connectivity index (χ0n) is 9.55. The molecular weight excluding hydrogens is 259 g/mol. The van der Waals surface area contributed by atoms with Crippen molar-refractivity contribution in [3.63, 3.8) is 0 Å². The highest BCUT2D eigenvalue weighted by Gasteiger charge is 2.24. The molecule has 0 heterocycles. The van der Waals surface area contributed by atoms with Crippen molar-refractivity contribution in [2.24, 2.45) is 0 Å². The summed E-state index contributed by atoms with van der Waals surface area (Å²) < 4.78 is 0. The summed E-state index contributed by atoms with van der Waals surface area (Å²) in [6.07, 6.45) is 0.517. The fourth-order valence-electron chi connectivity index (χ4n) is 1.20. The summed E-state index contributed by atoms with van der Waals surface area (Å²) in [4.78, 5) is 11.9. The van der Waals surface area contributed by atoms with Gasteiger partial charge in [0.2, 0.25) is 0 Å².